The fourth-order valence-electron chi connectivity index (χ4n) is 2.55. The summed E-state index contributed by atoms with van der Waals surface area (Å²) in [5.41, 5.74) is 8.71. The number of nitrogen functional groups attached to an aromatic ring is 1. The molecule has 0 spiro atoms. The van der Waals surface area contributed by atoms with Gasteiger partial charge in [0.1, 0.15) is 11.5 Å². The van der Waals surface area contributed by atoms with E-state index in [1.165, 1.54) is 0 Å². The van der Waals surface area contributed by atoms with Gasteiger partial charge in [0.05, 0.1) is 20.8 Å². The number of hydrogen-bond donors (Lipinski definition) is 2. The molecule has 2 aromatic carbocycles. The van der Waals surface area contributed by atoms with E-state index in [0.717, 1.165) is 28.3 Å². The van der Waals surface area contributed by atoms with Gasteiger partial charge in [0, 0.05) is 30.9 Å². The topological polar surface area (TPSA) is 68.0 Å². The lowest BCUT2D eigenvalue weighted by Gasteiger charge is -2.23. The van der Waals surface area contributed by atoms with Gasteiger partial charge in [-0.3, -0.25) is 4.90 Å². The van der Waals surface area contributed by atoms with Crippen molar-refractivity contribution in [2.75, 3.05) is 33.1 Å². The van der Waals surface area contributed by atoms with Gasteiger partial charge < -0.3 is 20.3 Å². The molecule has 0 heterocycles. The van der Waals surface area contributed by atoms with Crippen LogP contribution in [0.3, 0.4) is 0 Å². The summed E-state index contributed by atoms with van der Waals surface area (Å²) in [4.78, 5) is 2.14. The second kappa shape index (κ2) is 8.41. The standard InChI is InChI=1S/C18H24N2O3/c1-22-17-6-7-18(23-2)15(11-17)13-20(8-9-21)12-14-4-3-5-16(19)10-14/h3-7,10-11,21H,8-9,12-13,19H2,1-2H3. The average Bonchev–Trinajstić information content (AvgIpc) is 2.55. The van der Waals surface area contributed by atoms with Crippen molar-refractivity contribution in [1.29, 1.82) is 0 Å². The second-order valence-electron chi connectivity index (χ2n) is 5.36. The van der Waals surface area contributed by atoms with Gasteiger partial charge in [0.15, 0.2) is 0 Å². The van der Waals surface area contributed by atoms with E-state index in [1.54, 1.807) is 14.2 Å². The van der Waals surface area contributed by atoms with Gasteiger partial charge in [-0.2, -0.15) is 0 Å². The quantitative estimate of drug-likeness (QED) is 0.731. The first-order valence-electron chi connectivity index (χ1n) is 7.54. The summed E-state index contributed by atoms with van der Waals surface area (Å²) < 4.78 is 10.7. The van der Waals surface area contributed by atoms with Crippen LogP contribution in [-0.2, 0) is 13.1 Å². The number of nitrogens with two attached hydrogens (primary N) is 1. The molecule has 0 aliphatic heterocycles. The van der Waals surface area contributed by atoms with Crippen LogP contribution in [-0.4, -0.2) is 37.4 Å². The van der Waals surface area contributed by atoms with Crippen LogP contribution >= 0.6 is 0 Å². The van der Waals surface area contributed by atoms with Gasteiger partial charge in [-0.15, -0.1) is 0 Å². The highest BCUT2D eigenvalue weighted by molar-refractivity contribution is 5.41. The van der Waals surface area contributed by atoms with Crippen molar-refractivity contribution in [3.63, 3.8) is 0 Å². The van der Waals surface area contributed by atoms with Gasteiger partial charge in [-0.05, 0) is 35.9 Å². The van der Waals surface area contributed by atoms with Crippen molar-refractivity contribution < 1.29 is 14.6 Å². The zero-order valence-electron chi connectivity index (χ0n) is 13.7. The van der Waals surface area contributed by atoms with E-state index in [1.807, 2.05) is 42.5 Å². The molecule has 0 unspecified atom stereocenters. The SMILES string of the molecule is COc1ccc(OC)c(CN(CCO)Cc2cccc(N)c2)c1. The molecular formula is C18H24N2O3. The molecule has 5 heteroatoms. The van der Waals surface area contributed by atoms with Crippen molar-refractivity contribution in [2.24, 2.45) is 0 Å². The largest absolute Gasteiger partial charge is 0.497 e. The van der Waals surface area contributed by atoms with Crippen molar-refractivity contribution in [2.45, 2.75) is 13.1 Å². The molecule has 0 amide bonds. The summed E-state index contributed by atoms with van der Waals surface area (Å²) in [6, 6.07) is 13.5. The van der Waals surface area contributed by atoms with Crippen molar-refractivity contribution in [1.82, 2.24) is 4.90 Å². The van der Waals surface area contributed by atoms with Crippen LogP contribution in [0.5, 0.6) is 11.5 Å². The molecule has 3 N–H and O–H groups in total. The minimum atomic E-state index is 0.0919. The van der Waals surface area contributed by atoms with E-state index in [2.05, 4.69) is 4.90 Å². The lowest BCUT2D eigenvalue weighted by atomic mass is 10.1. The van der Waals surface area contributed by atoms with Gasteiger partial charge in [-0.1, -0.05) is 12.1 Å². The molecule has 2 aromatic rings. The maximum Gasteiger partial charge on any atom is 0.123 e. The smallest absolute Gasteiger partial charge is 0.123 e. The first-order valence-corrected chi connectivity index (χ1v) is 7.54. The summed E-state index contributed by atoms with van der Waals surface area (Å²) in [7, 11) is 3.30. The first kappa shape index (κ1) is 17.1. The monoisotopic (exact) mass is 316 g/mol. The Morgan fingerprint density at radius 3 is 2.52 bits per heavy atom. The van der Waals surface area contributed by atoms with Crippen molar-refractivity contribution >= 4 is 5.69 Å². The average molecular weight is 316 g/mol. The van der Waals surface area contributed by atoms with E-state index >= 15 is 0 Å². The maximum atomic E-state index is 9.35. The Bertz CT molecular complexity index is 631. The van der Waals surface area contributed by atoms with Crippen LogP contribution in [0.15, 0.2) is 42.5 Å². The van der Waals surface area contributed by atoms with Crippen LogP contribution in [0.2, 0.25) is 0 Å². The first-order chi connectivity index (χ1) is 11.2. The van der Waals surface area contributed by atoms with Crippen molar-refractivity contribution in [3.05, 3.63) is 53.6 Å². The van der Waals surface area contributed by atoms with Gasteiger partial charge in [-0.25, -0.2) is 0 Å². The second-order valence-corrected chi connectivity index (χ2v) is 5.36. The Morgan fingerprint density at radius 2 is 1.87 bits per heavy atom. The third-order valence-corrected chi connectivity index (χ3v) is 3.65. The number of methoxy groups -OCH3 is 2. The molecule has 23 heavy (non-hydrogen) atoms. The number of ether oxygens (including phenoxy) is 2. The third kappa shape index (κ3) is 4.87. The van der Waals surface area contributed by atoms with Crippen LogP contribution in [0.25, 0.3) is 0 Å². The lowest BCUT2D eigenvalue weighted by Crippen LogP contribution is -2.26. The molecule has 0 bridgehead atoms. The summed E-state index contributed by atoms with van der Waals surface area (Å²) in [6.45, 7) is 2.01. The van der Waals surface area contributed by atoms with E-state index in [-0.39, 0.29) is 6.61 Å². The number of benzene rings is 2. The molecule has 0 atom stereocenters. The highest BCUT2D eigenvalue weighted by Gasteiger charge is 2.12. The predicted molar refractivity (Wildman–Crippen MR) is 91.6 cm³/mol. The van der Waals surface area contributed by atoms with E-state index in [9.17, 15) is 5.11 Å². The molecule has 0 saturated heterocycles. The van der Waals surface area contributed by atoms with Crippen molar-refractivity contribution in [3.8, 4) is 11.5 Å². The van der Waals surface area contributed by atoms with E-state index in [4.69, 9.17) is 15.2 Å². The molecule has 124 valence electrons. The Morgan fingerprint density at radius 1 is 1.04 bits per heavy atom. The van der Waals surface area contributed by atoms with E-state index in [0.29, 0.717) is 19.6 Å². The number of aliphatic hydroxyl groups excluding tert-OH is 1. The molecule has 5 nitrogen and oxygen atoms in total. The maximum absolute atomic E-state index is 9.35. The molecule has 2 rings (SSSR count). The van der Waals surface area contributed by atoms with Gasteiger partial charge in [0.25, 0.3) is 0 Å². The minimum Gasteiger partial charge on any atom is -0.497 e. The Hall–Kier alpha value is -2.24. The Kier molecular flexibility index (Phi) is 6.26. The van der Waals surface area contributed by atoms with Gasteiger partial charge in [0.2, 0.25) is 0 Å². The normalized spacial score (nSPS) is 10.8. The number of aliphatic hydroxyl groups is 1. The highest BCUT2D eigenvalue weighted by atomic mass is 16.5. The fraction of sp³-hybridized carbons (Fsp3) is 0.333. The van der Waals surface area contributed by atoms with Crippen LogP contribution in [0.1, 0.15) is 11.1 Å². The molecular weight excluding hydrogens is 292 g/mol. The molecule has 0 radical (unpaired) electrons. The number of nitrogens with zero attached hydrogens (tertiary/aromatic N) is 1. The molecule has 0 aliphatic rings. The van der Waals surface area contributed by atoms with Crippen LogP contribution in [0.4, 0.5) is 5.69 Å². The molecule has 0 aliphatic carbocycles. The summed E-state index contributed by atoms with van der Waals surface area (Å²) >= 11 is 0. The highest BCUT2D eigenvalue weighted by Crippen LogP contribution is 2.25. The molecule has 0 aromatic heterocycles. The zero-order valence-corrected chi connectivity index (χ0v) is 13.7. The third-order valence-electron chi connectivity index (χ3n) is 3.65. The van der Waals surface area contributed by atoms with Crippen LogP contribution in [0, 0.1) is 0 Å². The lowest BCUT2D eigenvalue weighted by molar-refractivity contribution is 0.183. The summed E-state index contributed by atoms with van der Waals surface area (Å²) in [5, 5.41) is 9.35. The predicted octanol–water partition coefficient (Wildman–Crippen LogP) is 2.28. The zero-order chi connectivity index (χ0) is 16.7. The number of hydrogen-bond acceptors (Lipinski definition) is 5. The van der Waals surface area contributed by atoms with Crippen LogP contribution < -0.4 is 15.2 Å². The van der Waals surface area contributed by atoms with E-state index < -0.39 is 0 Å². The Balaban J connectivity index is 2.18. The number of anilines is 1. The number of rotatable bonds is 8. The molecule has 0 saturated carbocycles. The molecule has 0 fully saturated rings. The Labute approximate surface area is 137 Å². The van der Waals surface area contributed by atoms with Gasteiger partial charge >= 0.3 is 0 Å². The summed E-state index contributed by atoms with van der Waals surface area (Å²) in [5.74, 6) is 1.59. The summed E-state index contributed by atoms with van der Waals surface area (Å²) in [6.07, 6.45) is 0. The minimum absolute atomic E-state index is 0.0919. The fourth-order valence-corrected chi connectivity index (χ4v) is 2.55.